The number of rotatable bonds is 6. The van der Waals surface area contributed by atoms with Gasteiger partial charge in [0.05, 0.1) is 19.1 Å². The van der Waals surface area contributed by atoms with Crippen molar-refractivity contribution in [2.24, 2.45) is 0 Å². The summed E-state index contributed by atoms with van der Waals surface area (Å²) in [4.78, 5) is 35.7. The van der Waals surface area contributed by atoms with Gasteiger partial charge in [0.25, 0.3) is 5.56 Å². The van der Waals surface area contributed by atoms with E-state index in [-0.39, 0.29) is 29.2 Å². The third-order valence-electron chi connectivity index (χ3n) is 4.06. The lowest BCUT2D eigenvalue weighted by molar-refractivity contribution is -0.141. The van der Waals surface area contributed by atoms with E-state index in [1.807, 2.05) is 0 Å². The van der Waals surface area contributed by atoms with E-state index in [1.54, 1.807) is 0 Å². The first-order chi connectivity index (χ1) is 12.2. The predicted octanol–water partition coefficient (Wildman–Crippen LogP) is 1.35. The first kappa shape index (κ1) is 19.0. The number of hydrogen-bond acceptors (Lipinski definition) is 6. The van der Waals surface area contributed by atoms with Crippen LogP contribution in [-0.2, 0) is 20.9 Å². The fourth-order valence-corrected chi connectivity index (χ4v) is 2.77. The molecule has 26 heavy (non-hydrogen) atoms. The van der Waals surface area contributed by atoms with E-state index < -0.39 is 30.0 Å². The quantitative estimate of drug-likeness (QED) is 0.663. The zero-order chi connectivity index (χ0) is 19.4. The summed E-state index contributed by atoms with van der Waals surface area (Å²) in [5.41, 5.74) is -0.0349. The zero-order valence-corrected chi connectivity index (χ0v) is 14.3. The SMILES string of the molecule is COC(=O)C[C@@H](c1ccc(O)cc1)c1c(O)cc(C)n(CC(=O)O)c1=O. The maximum absolute atomic E-state index is 12.8. The van der Waals surface area contributed by atoms with Gasteiger partial charge in [0, 0.05) is 11.6 Å². The molecule has 1 heterocycles. The maximum Gasteiger partial charge on any atom is 0.323 e. The Balaban J connectivity index is 2.67. The van der Waals surface area contributed by atoms with Gasteiger partial charge in [-0.2, -0.15) is 0 Å². The number of nitrogens with zero attached hydrogens (tertiary/aromatic N) is 1. The molecule has 8 nitrogen and oxygen atoms in total. The average Bonchev–Trinajstić information content (AvgIpc) is 2.58. The molecule has 0 unspecified atom stereocenters. The van der Waals surface area contributed by atoms with Crippen molar-refractivity contribution in [2.45, 2.75) is 25.8 Å². The van der Waals surface area contributed by atoms with Gasteiger partial charge < -0.3 is 24.6 Å². The van der Waals surface area contributed by atoms with Crippen LogP contribution >= 0.6 is 0 Å². The number of carboxylic acid groups (broad SMARTS) is 1. The average molecular weight is 361 g/mol. The zero-order valence-electron chi connectivity index (χ0n) is 14.3. The smallest absolute Gasteiger partial charge is 0.323 e. The highest BCUT2D eigenvalue weighted by molar-refractivity contribution is 5.71. The number of benzene rings is 1. The summed E-state index contributed by atoms with van der Waals surface area (Å²) in [6, 6.07) is 7.10. The molecule has 2 rings (SSSR count). The van der Waals surface area contributed by atoms with Crippen molar-refractivity contribution in [1.29, 1.82) is 0 Å². The van der Waals surface area contributed by atoms with Crippen LogP contribution in [0.2, 0.25) is 0 Å². The molecule has 0 spiro atoms. The molecule has 0 aliphatic heterocycles. The van der Waals surface area contributed by atoms with Gasteiger partial charge in [0.1, 0.15) is 18.0 Å². The van der Waals surface area contributed by atoms with Gasteiger partial charge in [0.2, 0.25) is 0 Å². The van der Waals surface area contributed by atoms with Gasteiger partial charge in [-0.1, -0.05) is 12.1 Å². The van der Waals surface area contributed by atoms with Gasteiger partial charge in [-0.05, 0) is 30.7 Å². The number of carbonyl (C=O) groups excluding carboxylic acids is 1. The third-order valence-corrected chi connectivity index (χ3v) is 4.06. The summed E-state index contributed by atoms with van der Waals surface area (Å²) in [6.07, 6.45) is -0.236. The van der Waals surface area contributed by atoms with Gasteiger partial charge >= 0.3 is 11.9 Å². The topological polar surface area (TPSA) is 126 Å². The predicted molar refractivity (Wildman–Crippen MR) is 91.3 cm³/mol. The molecule has 1 atom stereocenters. The van der Waals surface area contributed by atoms with E-state index in [0.717, 1.165) is 4.57 Å². The molecule has 0 saturated carbocycles. The van der Waals surface area contributed by atoms with Crippen molar-refractivity contribution in [3.63, 3.8) is 0 Å². The van der Waals surface area contributed by atoms with Gasteiger partial charge in [-0.25, -0.2) is 0 Å². The Morgan fingerprint density at radius 2 is 1.81 bits per heavy atom. The van der Waals surface area contributed by atoms with Crippen LogP contribution < -0.4 is 5.56 Å². The van der Waals surface area contributed by atoms with E-state index in [9.17, 15) is 24.6 Å². The summed E-state index contributed by atoms with van der Waals surface area (Å²) < 4.78 is 5.69. The molecular formula is C18H19NO7. The second kappa shape index (κ2) is 7.73. The van der Waals surface area contributed by atoms with Crippen LogP contribution in [0.4, 0.5) is 0 Å². The number of aromatic hydroxyl groups is 2. The molecule has 1 aromatic carbocycles. The first-order valence-electron chi connectivity index (χ1n) is 7.75. The minimum absolute atomic E-state index is 0.00184. The molecule has 0 aliphatic carbocycles. The second-order valence-electron chi connectivity index (χ2n) is 5.79. The molecule has 0 fully saturated rings. The van der Waals surface area contributed by atoms with Crippen LogP contribution in [0.15, 0.2) is 35.1 Å². The van der Waals surface area contributed by atoms with E-state index >= 15 is 0 Å². The van der Waals surface area contributed by atoms with Gasteiger partial charge in [-0.15, -0.1) is 0 Å². The fraction of sp³-hybridized carbons (Fsp3) is 0.278. The van der Waals surface area contributed by atoms with Crippen LogP contribution in [0.5, 0.6) is 11.5 Å². The third kappa shape index (κ3) is 4.02. The number of phenols is 1. The van der Waals surface area contributed by atoms with E-state index in [2.05, 4.69) is 4.74 Å². The van der Waals surface area contributed by atoms with Crippen LogP contribution in [-0.4, -0.2) is 38.9 Å². The summed E-state index contributed by atoms with van der Waals surface area (Å²) in [7, 11) is 1.20. The van der Waals surface area contributed by atoms with E-state index in [1.165, 1.54) is 44.4 Å². The Morgan fingerprint density at radius 1 is 1.19 bits per heavy atom. The number of ether oxygens (including phenoxy) is 1. The van der Waals surface area contributed by atoms with Crippen LogP contribution in [0.3, 0.4) is 0 Å². The number of hydrogen-bond donors (Lipinski definition) is 3. The number of aromatic nitrogens is 1. The van der Waals surface area contributed by atoms with E-state index in [0.29, 0.717) is 5.56 Å². The first-order valence-corrected chi connectivity index (χ1v) is 7.75. The van der Waals surface area contributed by atoms with Gasteiger partial charge in [-0.3, -0.25) is 14.4 Å². The largest absolute Gasteiger partial charge is 0.508 e. The van der Waals surface area contributed by atoms with Crippen molar-refractivity contribution < 1.29 is 29.6 Å². The number of aliphatic carboxylic acids is 1. The molecular weight excluding hydrogens is 342 g/mol. The summed E-state index contributed by atoms with van der Waals surface area (Å²) in [5, 5.41) is 28.8. The van der Waals surface area contributed by atoms with Crippen LogP contribution in [0, 0.1) is 6.92 Å². The normalized spacial score (nSPS) is 11.8. The second-order valence-corrected chi connectivity index (χ2v) is 5.79. The summed E-state index contributed by atoms with van der Waals surface area (Å²) >= 11 is 0. The van der Waals surface area contributed by atoms with Crippen LogP contribution in [0.1, 0.15) is 29.2 Å². The summed E-state index contributed by atoms with van der Waals surface area (Å²) in [5.74, 6) is -3.01. The lowest BCUT2D eigenvalue weighted by Crippen LogP contribution is -2.30. The monoisotopic (exact) mass is 361 g/mol. The number of methoxy groups -OCH3 is 1. The van der Waals surface area contributed by atoms with Crippen molar-refractivity contribution in [3.8, 4) is 11.5 Å². The minimum atomic E-state index is -1.21. The highest BCUT2D eigenvalue weighted by Crippen LogP contribution is 2.33. The lowest BCUT2D eigenvalue weighted by atomic mass is 9.88. The number of carbonyl (C=O) groups is 2. The Bertz CT molecular complexity index is 884. The number of esters is 1. The van der Waals surface area contributed by atoms with Crippen molar-refractivity contribution in [3.05, 3.63) is 57.5 Å². The molecule has 0 bridgehead atoms. The van der Waals surface area contributed by atoms with Crippen LogP contribution in [0.25, 0.3) is 0 Å². The molecule has 8 heteroatoms. The number of carboxylic acids is 1. The minimum Gasteiger partial charge on any atom is -0.508 e. The lowest BCUT2D eigenvalue weighted by Gasteiger charge is -2.20. The molecule has 138 valence electrons. The number of phenolic OH excluding ortho intramolecular Hbond substituents is 1. The fourth-order valence-electron chi connectivity index (χ4n) is 2.77. The van der Waals surface area contributed by atoms with Crippen molar-refractivity contribution >= 4 is 11.9 Å². The summed E-state index contributed by atoms with van der Waals surface area (Å²) in [6.45, 7) is 0.933. The van der Waals surface area contributed by atoms with Gasteiger partial charge in [0.15, 0.2) is 0 Å². The molecule has 0 radical (unpaired) electrons. The Labute approximate surface area is 148 Å². The van der Waals surface area contributed by atoms with Crippen molar-refractivity contribution in [2.75, 3.05) is 7.11 Å². The Morgan fingerprint density at radius 3 is 2.35 bits per heavy atom. The molecule has 3 N–H and O–H groups in total. The molecule has 2 aromatic rings. The number of pyridine rings is 1. The van der Waals surface area contributed by atoms with E-state index in [4.69, 9.17) is 5.11 Å². The molecule has 0 amide bonds. The highest BCUT2D eigenvalue weighted by Gasteiger charge is 2.27. The standard InChI is InChI=1S/C18H19NO7/c1-10-7-14(21)17(18(25)19(10)9-15(22)23)13(8-16(24)26-2)11-3-5-12(20)6-4-11/h3-7,13,20-21H,8-9H2,1-2H3,(H,22,23)/t13-/m0/s1. The highest BCUT2D eigenvalue weighted by atomic mass is 16.5. The Hall–Kier alpha value is -3.29. The molecule has 0 aliphatic rings. The van der Waals surface area contributed by atoms with Crippen molar-refractivity contribution in [1.82, 2.24) is 4.57 Å². The maximum atomic E-state index is 12.8. The molecule has 0 saturated heterocycles. The molecule has 1 aromatic heterocycles. The Kier molecular flexibility index (Phi) is 5.66. The number of aryl methyl sites for hydroxylation is 1.